The summed E-state index contributed by atoms with van der Waals surface area (Å²) in [6, 6.07) is 16.2. The fourth-order valence-electron chi connectivity index (χ4n) is 9.78. The molecule has 3 heterocycles. The van der Waals surface area contributed by atoms with Crippen molar-refractivity contribution in [1.82, 2.24) is 31.2 Å². The van der Waals surface area contributed by atoms with Crippen molar-refractivity contribution in [1.29, 1.82) is 0 Å². The lowest BCUT2D eigenvalue weighted by molar-refractivity contribution is -0.187. The molecule has 6 N–H and O–H groups in total. The van der Waals surface area contributed by atoms with Crippen LogP contribution < -0.4 is 30.7 Å². The molecule has 4 amide bonds. The average molecular weight is 881 g/mol. The highest BCUT2D eigenvalue weighted by atomic mass is 16.5. The second-order valence-electron chi connectivity index (χ2n) is 17.1. The van der Waals surface area contributed by atoms with E-state index in [4.69, 9.17) is 18.9 Å². The molecule has 2 bridgehead atoms. The van der Waals surface area contributed by atoms with Gasteiger partial charge in [-0.2, -0.15) is 0 Å². The van der Waals surface area contributed by atoms with Gasteiger partial charge in [0.25, 0.3) is 0 Å². The zero-order chi connectivity index (χ0) is 45.1. The first-order valence-corrected chi connectivity index (χ1v) is 22.3. The molecular weight excluding hydrogens is 821 g/mol. The molecule has 2 fully saturated rings. The Balaban J connectivity index is 0.674. The minimum atomic E-state index is -1.05. The summed E-state index contributed by atoms with van der Waals surface area (Å²) in [5, 5.41) is 34.4. The Labute approximate surface area is 374 Å². The number of nitrogens with one attached hydrogen (secondary N) is 4. The van der Waals surface area contributed by atoms with E-state index in [-0.39, 0.29) is 75.0 Å². The molecule has 1 unspecified atom stereocenters. The third-order valence-corrected chi connectivity index (χ3v) is 12.8. The molecule has 16 heteroatoms. The number of pyridine rings is 1. The van der Waals surface area contributed by atoms with Crippen LogP contribution in [0.25, 0.3) is 0 Å². The third-order valence-electron chi connectivity index (χ3n) is 12.8. The lowest BCUT2D eigenvalue weighted by Crippen LogP contribution is -2.77. The molecule has 0 radical (unpaired) electrons. The number of likely N-dealkylation sites (N-methyl/N-ethyl adjacent to an activating group) is 1. The van der Waals surface area contributed by atoms with Crippen molar-refractivity contribution in [3.8, 4) is 29.1 Å². The number of unbranched alkanes of at least 4 members (excludes halogenated alkanes) is 4. The van der Waals surface area contributed by atoms with Gasteiger partial charge in [-0.25, -0.2) is 4.98 Å². The molecule has 1 spiro atoms. The van der Waals surface area contributed by atoms with Crippen LogP contribution in [-0.4, -0.2) is 134 Å². The van der Waals surface area contributed by atoms with Gasteiger partial charge in [0.1, 0.15) is 50.6 Å². The van der Waals surface area contributed by atoms with E-state index in [1.807, 2.05) is 62.5 Å². The summed E-state index contributed by atoms with van der Waals surface area (Å²) < 4.78 is 22.9. The van der Waals surface area contributed by atoms with Crippen molar-refractivity contribution in [3.05, 3.63) is 82.7 Å². The van der Waals surface area contributed by atoms with E-state index in [2.05, 4.69) is 43.0 Å². The number of piperidine rings is 1. The number of ether oxygens (including phenoxy) is 4. The topological polar surface area (TPSA) is 210 Å². The van der Waals surface area contributed by atoms with E-state index < -0.39 is 23.2 Å². The Morgan fingerprint density at radius 1 is 0.844 bits per heavy atom. The van der Waals surface area contributed by atoms with Gasteiger partial charge in [-0.05, 0) is 107 Å². The Hall–Kier alpha value is -5.73. The third kappa shape index (κ3) is 10.8. The van der Waals surface area contributed by atoms with Gasteiger partial charge in [-0.3, -0.25) is 19.2 Å². The first-order chi connectivity index (χ1) is 31.0. The number of benzene rings is 2. The maximum atomic E-state index is 13.0. The van der Waals surface area contributed by atoms with Crippen molar-refractivity contribution >= 4 is 23.6 Å². The second-order valence-corrected chi connectivity index (χ2v) is 17.1. The molecule has 342 valence electrons. The minimum Gasteiger partial charge on any atom is -0.504 e. The van der Waals surface area contributed by atoms with Gasteiger partial charge in [0.15, 0.2) is 11.5 Å². The largest absolute Gasteiger partial charge is 0.504 e. The number of phenols is 1. The zero-order valence-corrected chi connectivity index (χ0v) is 36.7. The van der Waals surface area contributed by atoms with Crippen LogP contribution in [0.3, 0.4) is 0 Å². The number of carbonyl (C=O) groups is 4. The number of aryl methyl sites for hydroxylation is 1. The van der Waals surface area contributed by atoms with Crippen LogP contribution in [0.1, 0.15) is 79.4 Å². The van der Waals surface area contributed by atoms with Crippen molar-refractivity contribution in [2.75, 3.05) is 66.3 Å². The SMILES string of the molecule is Cc1cccc(C#Cc2cccc(OCCNC(=O)COCC(=O)NCCCCCCCNC(=O)COCC(=O)N[C@H]3CC[C@@]4(O)C5Cc6ccc(O)c7c6[C@@]4(CCN5C)[C@H]3O7)c2)n1. The van der Waals surface area contributed by atoms with E-state index in [1.54, 1.807) is 6.07 Å². The molecular formula is C48H60N6O10. The van der Waals surface area contributed by atoms with Gasteiger partial charge in [0.05, 0.1) is 23.6 Å². The molecule has 64 heavy (non-hydrogen) atoms. The zero-order valence-electron chi connectivity index (χ0n) is 36.7. The number of amides is 4. The van der Waals surface area contributed by atoms with Crippen LogP contribution in [0.15, 0.2) is 54.6 Å². The molecule has 1 saturated heterocycles. The highest BCUT2D eigenvalue weighted by Crippen LogP contribution is 2.65. The van der Waals surface area contributed by atoms with Crippen LogP contribution >= 0.6 is 0 Å². The highest BCUT2D eigenvalue weighted by Gasteiger charge is 2.72. The Morgan fingerprint density at radius 3 is 2.23 bits per heavy atom. The molecule has 2 aromatic carbocycles. The van der Waals surface area contributed by atoms with E-state index >= 15 is 0 Å². The van der Waals surface area contributed by atoms with Gasteiger partial charge in [0.2, 0.25) is 23.6 Å². The average Bonchev–Trinajstić information content (AvgIpc) is 3.64. The lowest BCUT2D eigenvalue weighted by Gasteiger charge is -2.63. The lowest BCUT2D eigenvalue weighted by atomic mass is 9.48. The van der Waals surface area contributed by atoms with Crippen LogP contribution in [0.2, 0.25) is 0 Å². The second kappa shape index (κ2) is 21.3. The Morgan fingerprint density at radius 2 is 1.52 bits per heavy atom. The number of phenolic OH excluding ortho intramolecular Hbond substituents is 1. The van der Waals surface area contributed by atoms with Crippen molar-refractivity contribution in [3.63, 3.8) is 0 Å². The number of hydrogen-bond donors (Lipinski definition) is 6. The monoisotopic (exact) mass is 880 g/mol. The van der Waals surface area contributed by atoms with Crippen LogP contribution in [0.4, 0.5) is 0 Å². The van der Waals surface area contributed by atoms with E-state index in [9.17, 15) is 29.4 Å². The number of nitrogens with zero attached hydrogens (tertiary/aromatic N) is 2. The number of aromatic hydroxyl groups is 1. The van der Waals surface area contributed by atoms with E-state index in [0.717, 1.165) is 61.0 Å². The summed E-state index contributed by atoms with van der Waals surface area (Å²) in [6.07, 6.45) is 6.09. The molecule has 2 aliphatic carbocycles. The highest BCUT2D eigenvalue weighted by molar-refractivity contribution is 5.80. The first kappa shape index (κ1) is 46.3. The molecule has 2 aliphatic heterocycles. The van der Waals surface area contributed by atoms with Gasteiger partial charge in [-0.15, -0.1) is 0 Å². The van der Waals surface area contributed by atoms with Gasteiger partial charge in [0, 0.05) is 36.0 Å². The minimum absolute atomic E-state index is 0.0457. The maximum absolute atomic E-state index is 13.0. The molecule has 1 aromatic heterocycles. The molecule has 16 nitrogen and oxygen atoms in total. The maximum Gasteiger partial charge on any atom is 0.246 e. The quantitative estimate of drug-likeness (QED) is 0.0673. The van der Waals surface area contributed by atoms with Gasteiger partial charge in [-0.1, -0.05) is 43.4 Å². The first-order valence-electron chi connectivity index (χ1n) is 22.3. The van der Waals surface area contributed by atoms with Crippen molar-refractivity contribution in [2.24, 2.45) is 0 Å². The fraction of sp³-hybridized carbons (Fsp3) is 0.521. The van der Waals surface area contributed by atoms with Crippen molar-refractivity contribution in [2.45, 2.75) is 93.9 Å². The predicted molar refractivity (Wildman–Crippen MR) is 236 cm³/mol. The molecule has 4 aliphatic rings. The smallest absolute Gasteiger partial charge is 0.246 e. The normalized spacial score (nSPS) is 22.5. The summed E-state index contributed by atoms with van der Waals surface area (Å²) in [5.74, 6) is 5.91. The number of aromatic nitrogens is 1. The molecule has 5 atom stereocenters. The summed E-state index contributed by atoms with van der Waals surface area (Å²) >= 11 is 0. The Kier molecular flexibility index (Phi) is 15.4. The number of likely N-dealkylation sites (tertiary alicyclic amines) is 1. The van der Waals surface area contributed by atoms with Crippen LogP contribution in [0.5, 0.6) is 17.2 Å². The predicted octanol–water partition coefficient (Wildman–Crippen LogP) is 2.18. The number of hydrogen-bond acceptors (Lipinski definition) is 12. The van der Waals surface area contributed by atoms with Crippen molar-refractivity contribution < 1.29 is 48.3 Å². The number of rotatable bonds is 21. The van der Waals surface area contributed by atoms with Gasteiger partial charge < -0.3 is 55.3 Å². The van der Waals surface area contributed by atoms with E-state index in [0.29, 0.717) is 56.0 Å². The van der Waals surface area contributed by atoms with Crippen LogP contribution in [0, 0.1) is 18.8 Å². The Bertz CT molecular complexity index is 2230. The summed E-state index contributed by atoms with van der Waals surface area (Å²) in [5.41, 5.74) is 2.56. The van der Waals surface area contributed by atoms with Gasteiger partial charge >= 0.3 is 0 Å². The standard InChI is InChI=1S/C48H60N6O10/c1-32-10-8-12-35(52-32)16-14-33-11-9-13-36(26-33)63-25-23-51-42(58)30-61-28-40(56)49-21-6-4-3-5-7-22-50-41(57)29-62-31-43(59)53-37-18-19-48(60)39-27-34-15-17-38(55)45-44(34)47(48,46(37)64-45)20-24-54(39)2/h8-13,15,17,26,37,39,46,55,60H,3-7,18-25,27-31H2,1-2H3,(H,49,56)(H,50,57)(H,51,58)(H,53,59)/t37-,39?,46-,47-,48+/m0/s1. The summed E-state index contributed by atoms with van der Waals surface area (Å²) in [7, 11) is 2.04. The van der Waals surface area contributed by atoms with E-state index in [1.165, 1.54) is 0 Å². The fourth-order valence-corrected chi connectivity index (χ4v) is 9.78. The molecule has 3 aromatic rings. The summed E-state index contributed by atoms with van der Waals surface area (Å²) in [6.45, 7) is 3.20. The molecule has 1 saturated carbocycles. The molecule has 7 rings (SSSR count). The number of aliphatic hydroxyl groups is 1. The number of carbonyl (C=O) groups excluding carboxylic acids is 4. The summed E-state index contributed by atoms with van der Waals surface area (Å²) in [4.78, 5) is 56.3. The van der Waals surface area contributed by atoms with Crippen LogP contribution in [-0.2, 0) is 40.5 Å².